The van der Waals surface area contributed by atoms with Gasteiger partial charge >= 0.3 is 0 Å². The maximum Gasteiger partial charge on any atom is 0.128 e. The molecule has 0 saturated carbocycles. The fourth-order valence-corrected chi connectivity index (χ4v) is 1.69. The molecular weight excluding hydrogens is 198 g/mol. The lowest BCUT2D eigenvalue weighted by molar-refractivity contribution is 1.06. The van der Waals surface area contributed by atoms with Crippen LogP contribution in [0.1, 0.15) is 18.3 Å². The van der Waals surface area contributed by atoms with E-state index in [0.29, 0.717) is 11.6 Å². The molecule has 0 aliphatic heterocycles. The molecule has 0 unspecified atom stereocenters. The third-order valence-corrected chi connectivity index (χ3v) is 2.49. The molecule has 16 heavy (non-hydrogen) atoms. The molecule has 82 valence electrons. The van der Waals surface area contributed by atoms with Gasteiger partial charge < -0.3 is 5.73 Å². The molecule has 1 heterocycles. The number of nitrogens with zero attached hydrogens (tertiary/aromatic N) is 2. The molecule has 3 nitrogen and oxygen atoms in total. The largest absolute Gasteiger partial charge is 0.384 e. The van der Waals surface area contributed by atoms with Crippen LogP contribution in [0.25, 0.3) is 11.3 Å². The van der Waals surface area contributed by atoms with E-state index in [1.54, 1.807) is 0 Å². The zero-order valence-electron chi connectivity index (χ0n) is 9.57. The fraction of sp³-hybridized carbons (Fsp3) is 0.231. The van der Waals surface area contributed by atoms with Gasteiger partial charge in [-0.05, 0) is 25.0 Å². The standard InChI is InChI=1S/C13H15N3/c1-3-10-5-4-6-11(7-10)12-8-13(14)16-9(2)15-12/h4-8H,3H2,1-2H3,(H2,14,15,16). The number of nitrogens with two attached hydrogens (primary N) is 1. The lowest BCUT2D eigenvalue weighted by atomic mass is 10.1. The van der Waals surface area contributed by atoms with Gasteiger partial charge in [0.25, 0.3) is 0 Å². The van der Waals surface area contributed by atoms with E-state index in [0.717, 1.165) is 17.7 Å². The maximum atomic E-state index is 5.72. The van der Waals surface area contributed by atoms with Crippen LogP contribution in [0.2, 0.25) is 0 Å². The van der Waals surface area contributed by atoms with Gasteiger partial charge in [-0.1, -0.05) is 25.1 Å². The predicted octanol–water partition coefficient (Wildman–Crippen LogP) is 2.60. The fourth-order valence-electron chi connectivity index (χ4n) is 1.69. The highest BCUT2D eigenvalue weighted by Gasteiger charge is 2.02. The van der Waals surface area contributed by atoms with Gasteiger partial charge in [-0.15, -0.1) is 0 Å². The molecule has 0 aliphatic rings. The molecular formula is C13H15N3. The van der Waals surface area contributed by atoms with Gasteiger partial charge in [0.05, 0.1) is 5.69 Å². The lowest BCUT2D eigenvalue weighted by Crippen LogP contribution is -1.97. The SMILES string of the molecule is CCc1cccc(-c2cc(N)nc(C)n2)c1. The average molecular weight is 213 g/mol. The van der Waals surface area contributed by atoms with Crippen LogP contribution in [0.4, 0.5) is 5.82 Å². The Bertz CT molecular complexity index is 486. The van der Waals surface area contributed by atoms with E-state index < -0.39 is 0 Å². The van der Waals surface area contributed by atoms with Crippen molar-refractivity contribution in [2.75, 3.05) is 5.73 Å². The van der Waals surface area contributed by atoms with E-state index in [1.807, 2.05) is 25.1 Å². The lowest BCUT2D eigenvalue weighted by Gasteiger charge is -2.05. The van der Waals surface area contributed by atoms with E-state index in [9.17, 15) is 0 Å². The summed E-state index contributed by atoms with van der Waals surface area (Å²) in [5.74, 6) is 1.22. The number of rotatable bonds is 2. The van der Waals surface area contributed by atoms with Gasteiger partial charge in [0, 0.05) is 11.6 Å². The molecule has 2 N–H and O–H groups in total. The molecule has 0 amide bonds. The summed E-state index contributed by atoms with van der Waals surface area (Å²) in [6.45, 7) is 3.99. The number of hydrogen-bond acceptors (Lipinski definition) is 3. The van der Waals surface area contributed by atoms with Crippen LogP contribution in [0, 0.1) is 6.92 Å². The highest BCUT2D eigenvalue weighted by molar-refractivity contribution is 5.62. The maximum absolute atomic E-state index is 5.72. The molecule has 0 radical (unpaired) electrons. The number of hydrogen-bond donors (Lipinski definition) is 1. The average Bonchev–Trinajstić information content (AvgIpc) is 2.28. The molecule has 1 aromatic carbocycles. The highest BCUT2D eigenvalue weighted by atomic mass is 14.9. The zero-order chi connectivity index (χ0) is 11.5. The van der Waals surface area contributed by atoms with Crippen molar-refractivity contribution in [2.24, 2.45) is 0 Å². The minimum absolute atomic E-state index is 0.518. The Kier molecular flexibility index (Phi) is 2.86. The van der Waals surface area contributed by atoms with E-state index in [2.05, 4.69) is 29.0 Å². The molecule has 2 aromatic rings. The minimum atomic E-state index is 0.518. The summed E-state index contributed by atoms with van der Waals surface area (Å²) in [4.78, 5) is 8.46. The second kappa shape index (κ2) is 4.31. The molecule has 0 atom stereocenters. The first-order valence-corrected chi connectivity index (χ1v) is 5.39. The topological polar surface area (TPSA) is 51.8 Å². The Morgan fingerprint density at radius 1 is 1.19 bits per heavy atom. The summed E-state index contributed by atoms with van der Waals surface area (Å²) in [6, 6.07) is 10.1. The normalized spacial score (nSPS) is 10.4. The van der Waals surface area contributed by atoms with Crippen molar-refractivity contribution in [1.29, 1.82) is 0 Å². The van der Waals surface area contributed by atoms with Gasteiger partial charge in [0.2, 0.25) is 0 Å². The third kappa shape index (κ3) is 2.19. The van der Waals surface area contributed by atoms with E-state index >= 15 is 0 Å². The van der Waals surface area contributed by atoms with E-state index in [4.69, 9.17) is 5.73 Å². The highest BCUT2D eigenvalue weighted by Crippen LogP contribution is 2.20. The molecule has 0 bridgehead atoms. The predicted molar refractivity (Wildman–Crippen MR) is 66.0 cm³/mol. The molecule has 0 fully saturated rings. The number of aromatic nitrogens is 2. The summed E-state index contributed by atoms with van der Waals surface area (Å²) in [5, 5.41) is 0. The number of benzene rings is 1. The first-order valence-electron chi connectivity index (χ1n) is 5.39. The summed E-state index contributed by atoms with van der Waals surface area (Å²) < 4.78 is 0. The van der Waals surface area contributed by atoms with Crippen LogP contribution < -0.4 is 5.73 Å². The second-order valence-electron chi connectivity index (χ2n) is 3.78. The van der Waals surface area contributed by atoms with Crippen molar-refractivity contribution in [3.63, 3.8) is 0 Å². The Labute approximate surface area is 95.4 Å². The summed E-state index contributed by atoms with van der Waals surface area (Å²) in [5.41, 5.74) is 9.00. The summed E-state index contributed by atoms with van der Waals surface area (Å²) in [6.07, 6.45) is 1.02. The smallest absolute Gasteiger partial charge is 0.128 e. The molecule has 1 aromatic heterocycles. The van der Waals surface area contributed by atoms with Crippen LogP contribution >= 0.6 is 0 Å². The molecule has 0 saturated heterocycles. The number of aryl methyl sites for hydroxylation is 2. The van der Waals surface area contributed by atoms with Gasteiger partial charge in [-0.3, -0.25) is 0 Å². The van der Waals surface area contributed by atoms with Crippen LogP contribution in [-0.4, -0.2) is 9.97 Å². The Hall–Kier alpha value is -1.90. The quantitative estimate of drug-likeness (QED) is 0.834. The van der Waals surface area contributed by atoms with Crippen molar-refractivity contribution in [3.05, 3.63) is 41.7 Å². The number of nitrogen functional groups attached to an aromatic ring is 1. The Morgan fingerprint density at radius 3 is 2.69 bits per heavy atom. The Balaban J connectivity index is 2.49. The van der Waals surface area contributed by atoms with Crippen LogP contribution in [0.3, 0.4) is 0 Å². The third-order valence-electron chi connectivity index (χ3n) is 2.49. The molecule has 2 rings (SSSR count). The molecule has 0 spiro atoms. The summed E-state index contributed by atoms with van der Waals surface area (Å²) in [7, 11) is 0. The second-order valence-corrected chi connectivity index (χ2v) is 3.78. The first-order chi connectivity index (χ1) is 7.69. The van der Waals surface area contributed by atoms with Crippen LogP contribution in [0.5, 0.6) is 0 Å². The van der Waals surface area contributed by atoms with E-state index in [-0.39, 0.29) is 0 Å². The van der Waals surface area contributed by atoms with Crippen molar-refractivity contribution < 1.29 is 0 Å². The van der Waals surface area contributed by atoms with Crippen LogP contribution in [0.15, 0.2) is 30.3 Å². The van der Waals surface area contributed by atoms with Gasteiger partial charge in [-0.25, -0.2) is 9.97 Å². The van der Waals surface area contributed by atoms with Crippen LogP contribution in [-0.2, 0) is 6.42 Å². The summed E-state index contributed by atoms with van der Waals surface area (Å²) >= 11 is 0. The minimum Gasteiger partial charge on any atom is -0.384 e. The molecule has 3 heteroatoms. The Morgan fingerprint density at radius 2 is 2.00 bits per heavy atom. The first kappa shape index (κ1) is 10.6. The van der Waals surface area contributed by atoms with Gasteiger partial charge in [0.15, 0.2) is 0 Å². The molecule has 0 aliphatic carbocycles. The van der Waals surface area contributed by atoms with Gasteiger partial charge in [0.1, 0.15) is 11.6 Å². The zero-order valence-corrected chi connectivity index (χ0v) is 9.57. The van der Waals surface area contributed by atoms with Gasteiger partial charge in [-0.2, -0.15) is 0 Å². The monoisotopic (exact) mass is 213 g/mol. The van der Waals surface area contributed by atoms with E-state index in [1.165, 1.54) is 5.56 Å². The van der Waals surface area contributed by atoms with Crippen molar-refractivity contribution in [3.8, 4) is 11.3 Å². The van der Waals surface area contributed by atoms with Crippen molar-refractivity contribution >= 4 is 5.82 Å². The van der Waals surface area contributed by atoms with Crippen molar-refractivity contribution in [1.82, 2.24) is 9.97 Å². The van der Waals surface area contributed by atoms with Crippen molar-refractivity contribution in [2.45, 2.75) is 20.3 Å². The number of anilines is 1.